The molecule has 1 N–H and O–H groups in total. The van der Waals surface area contributed by atoms with Crippen molar-refractivity contribution in [1.29, 1.82) is 0 Å². The highest BCUT2D eigenvalue weighted by molar-refractivity contribution is 7.92. The number of nitrogens with one attached hydrogen (secondary N) is 1. The fourth-order valence-corrected chi connectivity index (χ4v) is 7.19. The van der Waals surface area contributed by atoms with Crippen LogP contribution in [0.3, 0.4) is 0 Å². The minimum atomic E-state index is -4.33. The molecule has 1 atom stereocenters. The van der Waals surface area contributed by atoms with E-state index in [0.717, 1.165) is 35.6 Å². The van der Waals surface area contributed by atoms with Crippen LogP contribution in [0.25, 0.3) is 0 Å². The molecule has 2 amide bonds. The van der Waals surface area contributed by atoms with E-state index in [0.29, 0.717) is 30.3 Å². The van der Waals surface area contributed by atoms with Gasteiger partial charge in [-0.3, -0.25) is 13.9 Å². The zero-order valence-electron chi connectivity index (χ0n) is 27.7. The molecule has 3 aromatic carbocycles. The summed E-state index contributed by atoms with van der Waals surface area (Å²) in [5.74, 6) is 0.940. The zero-order valence-corrected chi connectivity index (χ0v) is 28.5. The summed E-state index contributed by atoms with van der Waals surface area (Å²) in [6.45, 7) is 3.63. The maximum absolute atomic E-state index is 14.4. The average Bonchev–Trinajstić information content (AvgIpc) is 3.60. The van der Waals surface area contributed by atoms with Crippen LogP contribution in [-0.2, 0) is 26.2 Å². The lowest BCUT2D eigenvalue weighted by molar-refractivity contribution is -0.140. The van der Waals surface area contributed by atoms with E-state index in [9.17, 15) is 18.0 Å². The molecule has 0 bridgehead atoms. The Morgan fingerprint density at radius 2 is 1.57 bits per heavy atom. The molecule has 12 heteroatoms. The van der Waals surface area contributed by atoms with Crippen molar-refractivity contribution < 1.29 is 37.0 Å². The number of rotatable bonds is 16. The van der Waals surface area contributed by atoms with E-state index in [2.05, 4.69) is 5.32 Å². The third-order valence-electron chi connectivity index (χ3n) is 8.23. The predicted octanol–water partition coefficient (Wildman–Crippen LogP) is 5.17. The SMILES string of the molecule is CCOc1ccc(N(CC(=O)N(Cc2cccc(OC)c2)C(CC)C(=O)NC2CCCC2)S(=O)(=O)c2ccc(OC)c(OC)c2)cc1. The third kappa shape index (κ3) is 8.68. The van der Waals surface area contributed by atoms with E-state index in [1.54, 1.807) is 43.5 Å². The van der Waals surface area contributed by atoms with Gasteiger partial charge in [0.05, 0.1) is 38.5 Å². The van der Waals surface area contributed by atoms with E-state index >= 15 is 0 Å². The van der Waals surface area contributed by atoms with Gasteiger partial charge in [0.25, 0.3) is 10.0 Å². The van der Waals surface area contributed by atoms with Crippen molar-refractivity contribution >= 4 is 27.5 Å². The molecule has 0 radical (unpaired) electrons. The van der Waals surface area contributed by atoms with Crippen LogP contribution in [0.15, 0.2) is 71.6 Å². The van der Waals surface area contributed by atoms with Gasteiger partial charge in [0.1, 0.15) is 24.1 Å². The molecular weight excluding hydrogens is 622 g/mol. The number of sulfonamides is 1. The van der Waals surface area contributed by atoms with Gasteiger partial charge >= 0.3 is 0 Å². The molecule has 1 saturated carbocycles. The molecule has 3 aromatic rings. The molecule has 0 spiro atoms. The number of methoxy groups -OCH3 is 3. The van der Waals surface area contributed by atoms with Gasteiger partial charge < -0.3 is 29.2 Å². The largest absolute Gasteiger partial charge is 0.497 e. The Balaban J connectivity index is 1.76. The number of nitrogens with zero attached hydrogens (tertiary/aromatic N) is 2. The van der Waals surface area contributed by atoms with E-state index in [4.69, 9.17) is 18.9 Å². The molecule has 47 heavy (non-hydrogen) atoms. The van der Waals surface area contributed by atoms with E-state index in [1.165, 1.54) is 37.3 Å². The van der Waals surface area contributed by atoms with Crippen LogP contribution in [-0.4, -0.2) is 71.7 Å². The Morgan fingerprint density at radius 3 is 2.19 bits per heavy atom. The van der Waals surface area contributed by atoms with E-state index in [-0.39, 0.29) is 34.8 Å². The fraction of sp³-hybridized carbons (Fsp3) is 0.429. The topological polar surface area (TPSA) is 124 Å². The van der Waals surface area contributed by atoms with Crippen molar-refractivity contribution in [3.8, 4) is 23.0 Å². The quantitative estimate of drug-likeness (QED) is 0.222. The Hall–Kier alpha value is -4.45. The summed E-state index contributed by atoms with van der Waals surface area (Å²) in [4.78, 5) is 29.5. The van der Waals surface area contributed by atoms with Crippen molar-refractivity contribution in [1.82, 2.24) is 10.2 Å². The lowest BCUT2D eigenvalue weighted by atomic mass is 10.1. The third-order valence-corrected chi connectivity index (χ3v) is 10.0. The highest BCUT2D eigenvalue weighted by atomic mass is 32.2. The molecule has 11 nitrogen and oxygen atoms in total. The molecule has 4 rings (SSSR count). The summed E-state index contributed by atoms with van der Waals surface area (Å²) in [7, 11) is 0.0997. The minimum Gasteiger partial charge on any atom is -0.497 e. The highest BCUT2D eigenvalue weighted by Gasteiger charge is 2.35. The average molecular weight is 668 g/mol. The van der Waals surface area contributed by atoms with Crippen molar-refractivity contribution in [2.75, 3.05) is 38.8 Å². The first-order valence-corrected chi connectivity index (χ1v) is 17.3. The van der Waals surface area contributed by atoms with Crippen molar-refractivity contribution in [2.24, 2.45) is 0 Å². The Bertz CT molecular complexity index is 1610. The predicted molar refractivity (Wildman–Crippen MR) is 180 cm³/mol. The monoisotopic (exact) mass is 667 g/mol. The second-order valence-electron chi connectivity index (χ2n) is 11.2. The molecular formula is C35H45N3O8S. The first-order chi connectivity index (χ1) is 22.6. The normalized spacial score (nSPS) is 13.8. The fourth-order valence-electron chi connectivity index (χ4n) is 5.76. The lowest BCUT2D eigenvalue weighted by Gasteiger charge is -2.34. The van der Waals surface area contributed by atoms with Gasteiger partial charge in [0.2, 0.25) is 11.8 Å². The van der Waals surface area contributed by atoms with Gasteiger partial charge in [-0.1, -0.05) is 31.9 Å². The summed E-state index contributed by atoms with van der Waals surface area (Å²) >= 11 is 0. The number of hydrogen-bond donors (Lipinski definition) is 1. The van der Waals surface area contributed by atoms with E-state index < -0.39 is 28.5 Å². The highest BCUT2D eigenvalue weighted by Crippen LogP contribution is 2.33. The number of carbonyl (C=O) groups excluding carboxylic acids is 2. The number of carbonyl (C=O) groups is 2. The molecule has 254 valence electrons. The summed E-state index contributed by atoms with van der Waals surface area (Å²) in [6, 6.07) is 17.2. The van der Waals surface area contributed by atoms with Gasteiger partial charge in [-0.15, -0.1) is 0 Å². The second-order valence-corrected chi connectivity index (χ2v) is 13.1. The number of ether oxygens (including phenoxy) is 4. The molecule has 0 heterocycles. The van der Waals surface area contributed by atoms with Gasteiger partial charge in [0.15, 0.2) is 11.5 Å². The van der Waals surface area contributed by atoms with Crippen LogP contribution in [0.2, 0.25) is 0 Å². The first-order valence-electron chi connectivity index (χ1n) is 15.9. The molecule has 1 aliphatic rings. The number of benzene rings is 3. The Morgan fingerprint density at radius 1 is 0.872 bits per heavy atom. The number of hydrogen-bond acceptors (Lipinski definition) is 8. The Kier molecular flexibility index (Phi) is 12.4. The van der Waals surface area contributed by atoms with Crippen molar-refractivity contribution in [3.63, 3.8) is 0 Å². The lowest BCUT2D eigenvalue weighted by Crippen LogP contribution is -2.53. The molecule has 1 aliphatic carbocycles. The second kappa shape index (κ2) is 16.4. The number of anilines is 1. The summed E-state index contributed by atoms with van der Waals surface area (Å²) in [5.41, 5.74) is 0.988. The Labute approximate surface area is 277 Å². The van der Waals surface area contributed by atoms with Gasteiger partial charge in [-0.25, -0.2) is 8.42 Å². The number of amides is 2. The van der Waals surface area contributed by atoms with Crippen LogP contribution in [0, 0.1) is 0 Å². The maximum atomic E-state index is 14.4. The van der Waals surface area contributed by atoms with Crippen LogP contribution in [0.4, 0.5) is 5.69 Å². The standard InChI is InChI=1S/C35H45N3O8S/c1-6-31(35(40)36-26-12-8-9-13-26)37(23-25-11-10-14-29(21-25)43-3)34(39)24-38(27-15-17-28(18-16-27)46-7-2)47(41,42)30-19-20-32(44-4)33(22-30)45-5/h10-11,14-22,26,31H,6-9,12-13,23-24H2,1-5H3,(H,36,40). The molecule has 1 unspecified atom stereocenters. The molecule has 1 fully saturated rings. The van der Waals surface area contributed by atoms with Gasteiger partial charge in [0, 0.05) is 18.7 Å². The van der Waals surface area contributed by atoms with Crippen LogP contribution in [0.5, 0.6) is 23.0 Å². The summed E-state index contributed by atoms with van der Waals surface area (Å²) < 4.78 is 51.4. The van der Waals surface area contributed by atoms with Crippen molar-refractivity contribution in [3.05, 3.63) is 72.3 Å². The van der Waals surface area contributed by atoms with Crippen LogP contribution in [0.1, 0.15) is 51.5 Å². The smallest absolute Gasteiger partial charge is 0.264 e. The van der Waals surface area contributed by atoms with Crippen LogP contribution < -0.4 is 28.6 Å². The molecule has 0 saturated heterocycles. The van der Waals surface area contributed by atoms with Gasteiger partial charge in [-0.2, -0.15) is 0 Å². The summed E-state index contributed by atoms with van der Waals surface area (Å²) in [5, 5.41) is 3.13. The van der Waals surface area contributed by atoms with Crippen LogP contribution >= 0.6 is 0 Å². The maximum Gasteiger partial charge on any atom is 0.264 e. The molecule has 0 aliphatic heterocycles. The first kappa shape index (κ1) is 35.4. The summed E-state index contributed by atoms with van der Waals surface area (Å²) in [6.07, 6.45) is 4.19. The zero-order chi connectivity index (χ0) is 34.0. The minimum absolute atomic E-state index is 0.0519. The van der Waals surface area contributed by atoms with Crippen molar-refractivity contribution in [2.45, 2.75) is 69.5 Å². The van der Waals surface area contributed by atoms with Gasteiger partial charge in [-0.05, 0) is 80.3 Å². The van der Waals surface area contributed by atoms with E-state index in [1.807, 2.05) is 26.0 Å². The molecule has 0 aromatic heterocycles.